The van der Waals surface area contributed by atoms with Crippen LogP contribution in [0.4, 0.5) is 0 Å². The van der Waals surface area contributed by atoms with E-state index in [1.165, 1.54) is 6.26 Å². The summed E-state index contributed by atoms with van der Waals surface area (Å²) in [5.74, 6) is 0.748. The van der Waals surface area contributed by atoms with E-state index in [9.17, 15) is 8.42 Å². The Morgan fingerprint density at radius 1 is 1.44 bits per heavy atom. The molecule has 0 amide bonds. The molecule has 0 spiro atoms. The quantitative estimate of drug-likeness (QED) is 0.804. The van der Waals surface area contributed by atoms with Gasteiger partial charge in [0.2, 0.25) is 0 Å². The van der Waals surface area contributed by atoms with Crippen molar-refractivity contribution < 1.29 is 8.42 Å². The molecular formula is C12H23N3O2S. The van der Waals surface area contributed by atoms with Crippen molar-refractivity contribution in [3.63, 3.8) is 0 Å². The highest BCUT2D eigenvalue weighted by Crippen LogP contribution is 2.06. The van der Waals surface area contributed by atoms with Gasteiger partial charge in [0.05, 0.1) is 18.0 Å². The van der Waals surface area contributed by atoms with Crippen LogP contribution in [0.5, 0.6) is 0 Å². The van der Waals surface area contributed by atoms with Gasteiger partial charge in [0, 0.05) is 24.6 Å². The molecule has 18 heavy (non-hydrogen) atoms. The highest BCUT2D eigenvalue weighted by Gasteiger charge is 2.07. The van der Waals surface area contributed by atoms with Crippen molar-refractivity contribution in [1.29, 1.82) is 0 Å². The zero-order chi connectivity index (χ0) is 13.8. The molecule has 0 atom stereocenters. The average Bonchev–Trinajstić information content (AvgIpc) is 2.55. The first-order valence-electron chi connectivity index (χ1n) is 6.19. The predicted octanol–water partition coefficient (Wildman–Crippen LogP) is 0.982. The molecule has 6 heteroatoms. The average molecular weight is 273 g/mol. The van der Waals surface area contributed by atoms with Crippen LogP contribution in [0.3, 0.4) is 0 Å². The minimum absolute atomic E-state index is 0.132. The van der Waals surface area contributed by atoms with Gasteiger partial charge in [-0.25, -0.2) is 8.42 Å². The second-order valence-corrected chi connectivity index (χ2v) is 7.42. The Balaban J connectivity index is 2.53. The van der Waals surface area contributed by atoms with Crippen LogP contribution < -0.4 is 5.32 Å². The summed E-state index contributed by atoms with van der Waals surface area (Å²) in [7, 11) is -2.93. The number of rotatable bonds is 7. The fraction of sp³-hybridized carbons (Fsp3) is 0.750. The van der Waals surface area contributed by atoms with E-state index in [0.717, 1.165) is 24.3 Å². The number of aryl methyl sites for hydroxylation is 2. The van der Waals surface area contributed by atoms with Gasteiger partial charge in [-0.05, 0) is 19.4 Å². The lowest BCUT2D eigenvalue weighted by molar-refractivity contribution is 0.551. The molecule has 0 unspecified atom stereocenters. The summed E-state index contributed by atoms with van der Waals surface area (Å²) >= 11 is 0. The monoisotopic (exact) mass is 273 g/mol. The van der Waals surface area contributed by atoms with E-state index in [1.54, 1.807) is 4.68 Å². The molecule has 1 rings (SSSR count). The fourth-order valence-corrected chi connectivity index (χ4v) is 2.12. The van der Waals surface area contributed by atoms with Gasteiger partial charge < -0.3 is 5.32 Å². The number of hydrogen-bond acceptors (Lipinski definition) is 4. The maximum absolute atomic E-state index is 11.1. The number of nitrogens with zero attached hydrogens (tertiary/aromatic N) is 2. The van der Waals surface area contributed by atoms with Crippen molar-refractivity contribution >= 4 is 9.84 Å². The lowest BCUT2D eigenvalue weighted by Crippen LogP contribution is -2.19. The van der Waals surface area contributed by atoms with Crippen LogP contribution >= 0.6 is 0 Å². The van der Waals surface area contributed by atoms with Crippen molar-refractivity contribution in [3.8, 4) is 0 Å². The Morgan fingerprint density at radius 2 is 2.11 bits per heavy atom. The Bertz CT molecular complexity index is 478. The maximum Gasteiger partial charge on any atom is 0.149 e. The van der Waals surface area contributed by atoms with Gasteiger partial charge in [-0.2, -0.15) is 5.10 Å². The normalized spacial score (nSPS) is 12.3. The Labute approximate surface area is 109 Å². The number of nitrogens with one attached hydrogen (secondary N) is 1. The third-order valence-corrected chi connectivity index (χ3v) is 3.53. The van der Waals surface area contributed by atoms with Crippen LogP contribution in [0.1, 0.15) is 25.1 Å². The van der Waals surface area contributed by atoms with E-state index in [4.69, 9.17) is 0 Å². The molecule has 5 nitrogen and oxygen atoms in total. The Hall–Kier alpha value is -0.880. The third-order valence-electron chi connectivity index (χ3n) is 2.61. The highest BCUT2D eigenvalue weighted by molar-refractivity contribution is 7.90. The molecule has 0 aliphatic carbocycles. The molecule has 0 aliphatic heterocycles. The minimum atomic E-state index is -2.93. The minimum Gasteiger partial charge on any atom is -0.312 e. The summed E-state index contributed by atoms with van der Waals surface area (Å²) in [5.41, 5.74) is 2.09. The molecule has 0 saturated carbocycles. The summed E-state index contributed by atoms with van der Waals surface area (Å²) in [6.45, 7) is 8.44. The van der Waals surface area contributed by atoms with E-state index >= 15 is 0 Å². The van der Waals surface area contributed by atoms with Crippen LogP contribution in [0.2, 0.25) is 0 Å². The SMILES string of the molecule is Cc1nn(CCS(C)(=O)=O)cc1CNCC(C)C. The van der Waals surface area contributed by atoms with Crippen LogP contribution in [-0.2, 0) is 22.9 Å². The predicted molar refractivity (Wildman–Crippen MR) is 73.2 cm³/mol. The molecule has 1 N–H and O–H groups in total. The van der Waals surface area contributed by atoms with Gasteiger partial charge >= 0.3 is 0 Å². The lowest BCUT2D eigenvalue weighted by Gasteiger charge is -2.05. The Morgan fingerprint density at radius 3 is 2.67 bits per heavy atom. The first-order valence-corrected chi connectivity index (χ1v) is 8.25. The largest absolute Gasteiger partial charge is 0.312 e. The second kappa shape index (κ2) is 6.33. The van der Waals surface area contributed by atoms with Gasteiger partial charge in [0.15, 0.2) is 0 Å². The molecule has 0 saturated heterocycles. The molecule has 1 heterocycles. The van der Waals surface area contributed by atoms with E-state index < -0.39 is 9.84 Å². The van der Waals surface area contributed by atoms with E-state index in [1.807, 2.05) is 13.1 Å². The highest BCUT2D eigenvalue weighted by atomic mass is 32.2. The summed E-state index contributed by atoms with van der Waals surface area (Å²) in [4.78, 5) is 0. The molecule has 104 valence electrons. The van der Waals surface area contributed by atoms with Crippen molar-refractivity contribution in [2.75, 3.05) is 18.6 Å². The van der Waals surface area contributed by atoms with E-state index in [0.29, 0.717) is 12.5 Å². The van der Waals surface area contributed by atoms with Crippen LogP contribution in [-0.4, -0.2) is 36.8 Å². The molecule has 0 aliphatic rings. The van der Waals surface area contributed by atoms with Crippen LogP contribution in [0, 0.1) is 12.8 Å². The van der Waals surface area contributed by atoms with Gasteiger partial charge in [0.25, 0.3) is 0 Å². The molecule has 0 radical (unpaired) electrons. The zero-order valence-electron chi connectivity index (χ0n) is 11.6. The third kappa shape index (κ3) is 5.64. The van der Waals surface area contributed by atoms with Gasteiger partial charge in [0.1, 0.15) is 9.84 Å². The molecule has 0 fully saturated rings. The van der Waals surface area contributed by atoms with Gasteiger partial charge in [-0.3, -0.25) is 4.68 Å². The number of hydrogen-bond donors (Lipinski definition) is 1. The van der Waals surface area contributed by atoms with Crippen molar-refractivity contribution in [2.45, 2.75) is 33.9 Å². The summed E-state index contributed by atoms with van der Waals surface area (Å²) in [5, 5.41) is 7.68. The number of sulfone groups is 1. The van der Waals surface area contributed by atoms with E-state index in [-0.39, 0.29) is 5.75 Å². The zero-order valence-corrected chi connectivity index (χ0v) is 12.4. The summed E-state index contributed by atoms with van der Waals surface area (Å²) in [6.07, 6.45) is 3.17. The topological polar surface area (TPSA) is 64.0 Å². The van der Waals surface area contributed by atoms with Crippen molar-refractivity contribution in [1.82, 2.24) is 15.1 Å². The van der Waals surface area contributed by atoms with Gasteiger partial charge in [-0.1, -0.05) is 13.8 Å². The van der Waals surface area contributed by atoms with Gasteiger partial charge in [-0.15, -0.1) is 0 Å². The smallest absolute Gasteiger partial charge is 0.149 e. The van der Waals surface area contributed by atoms with Crippen LogP contribution in [0.25, 0.3) is 0 Å². The molecular weight excluding hydrogens is 250 g/mol. The lowest BCUT2D eigenvalue weighted by atomic mass is 10.2. The fourth-order valence-electron chi connectivity index (χ4n) is 1.60. The maximum atomic E-state index is 11.1. The summed E-state index contributed by atoms with van der Waals surface area (Å²) in [6, 6.07) is 0. The second-order valence-electron chi connectivity index (χ2n) is 5.16. The first-order chi connectivity index (χ1) is 8.28. The molecule has 1 aromatic rings. The first kappa shape index (κ1) is 15.2. The molecule has 0 bridgehead atoms. The molecule has 1 aromatic heterocycles. The van der Waals surface area contributed by atoms with E-state index in [2.05, 4.69) is 24.3 Å². The number of aromatic nitrogens is 2. The van der Waals surface area contributed by atoms with Crippen molar-refractivity contribution in [2.24, 2.45) is 5.92 Å². The van der Waals surface area contributed by atoms with Crippen LogP contribution in [0.15, 0.2) is 6.20 Å². The standard InChI is InChI=1S/C12H23N3O2S/c1-10(2)7-13-8-12-9-15(14-11(12)3)5-6-18(4,16)17/h9-10,13H,5-8H2,1-4H3. The summed E-state index contributed by atoms with van der Waals surface area (Å²) < 4.78 is 23.9. The Kier molecular flexibility index (Phi) is 5.34. The van der Waals surface area contributed by atoms with Crippen molar-refractivity contribution in [3.05, 3.63) is 17.5 Å². The molecule has 0 aromatic carbocycles.